The van der Waals surface area contributed by atoms with Gasteiger partial charge in [0.1, 0.15) is 11.9 Å². The Bertz CT molecular complexity index is 535. The van der Waals surface area contributed by atoms with Gasteiger partial charge >= 0.3 is 18.3 Å². The average Bonchev–Trinajstić information content (AvgIpc) is 2.28. The van der Waals surface area contributed by atoms with Crippen LogP contribution in [0.3, 0.4) is 0 Å². The van der Waals surface area contributed by atoms with Crippen LogP contribution in [0, 0.1) is 5.82 Å². The molecule has 0 saturated heterocycles. The Labute approximate surface area is 116 Å². The van der Waals surface area contributed by atoms with Crippen LogP contribution in [0.4, 0.5) is 39.5 Å². The molecular weight excluding hydrogens is 341 g/mol. The molecule has 120 valence electrons. The average molecular weight is 346 g/mol. The van der Waals surface area contributed by atoms with Crippen molar-refractivity contribution >= 4 is 11.6 Å². The van der Waals surface area contributed by atoms with E-state index >= 15 is 0 Å². The van der Waals surface area contributed by atoms with E-state index in [0.29, 0.717) is 0 Å². The fourth-order valence-electron chi connectivity index (χ4n) is 1.37. The predicted octanol–water partition coefficient (Wildman–Crippen LogP) is 4.70. The van der Waals surface area contributed by atoms with Gasteiger partial charge in [0.2, 0.25) is 0 Å². The highest BCUT2D eigenvalue weighted by molar-refractivity contribution is 6.30. The second kappa shape index (κ2) is 5.24. The van der Waals surface area contributed by atoms with Gasteiger partial charge < -0.3 is 5.73 Å². The van der Waals surface area contributed by atoms with Crippen LogP contribution in [0.15, 0.2) is 12.1 Å². The van der Waals surface area contributed by atoms with Crippen molar-refractivity contribution in [1.29, 1.82) is 0 Å². The summed E-state index contributed by atoms with van der Waals surface area (Å²) in [6, 6.07) is -3.55. The Morgan fingerprint density at radius 1 is 0.952 bits per heavy atom. The van der Waals surface area contributed by atoms with E-state index in [1.165, 1.54) is 0 Å². The number of rotatable bonds is 2. The summed E-state index contributed by atoms with van der Waals surface area (Å²) in [5, 5.41) is -1.27. The van der Waals surface area contributed by atoms with Crippen molar-refractivity contribution in [2.24, 2.45) is 5.73 Å². The lowest BCUT2D eigenvalue weighted by molar-refractivity contribution is -0.291. The first-order valence-corrected chi connectivity index (χ1v) is 5.33. The first-order valence-electron chi connectivity index (χ1n) is 4.96. The lowest BCUT2D eigenvalue weighted by atomic mass is 9.98. The van der Waals surface area contributed by atoms with Gasteiger partial charge in [-0.25, -0.2) is 4.39 Å². The summed E-state index contributed by atoms with van der Waals surface area (Å²) < 4.78 is 113. The Morgan fingerprint density at radius 2 is 1.43 bits per heavy atom. The lowest BCUT2D eigenvalue weighted by Gasteiger charge is -2.26. The topological polar surface area (TPSA) is 26.0 Å². The van der Waals surface area contributed by atoms with E-state index in [0.717, 1.165) is 0 Å². The molecule has 0 aliphatic carbocycles. The van der Waals surface area contributed by atoms with E-state index in [9.17, 15) is 39.5 Å². The van der Waals surface area contributed by atoms with Crippen molar-refractivity contribution in [2.45, 2.75) is 24.3 Å². The van der Waals surface area contributed by atoms with Crippen molar-refractivity contribution < 1.29 is 39.5 Å². The maximum atomic E-state index is 13.5. The normalized spacial score (nSPS) is 15.2. The molecule has 1 rings (SSSR count). The first-order chi connectivity index (χ1) is 9.19. The summed E-state index contributed by atoms with van der Waals surface area (Å²) in [5.74, 6) is -7.51. The largest absolute Gasteiger partial charge is 0.455 e. The summed E-state index contributed by atoms with van der Waals surface area (Å²) in [6.07, 6.45) is -11.3. The standard InChI is InChI=1S/C10H5ClF9N/c11-5-2-3(9(15,16)17)1-4(6(5)12)7(21)8(13,14)10(18,19)20/h1-2,7H,21H2/t7-/m0/s1. The van der Waals surface area contributed by atoms with Crippen LogP contribution in [0.2, 0.25) is 5.02 Å². The van der Waals surface area contributed by atoms with Crippen LogP contribution in [-0.4, -0.2) is 12.1 Å². The number of alkyl halides is 8. The number of hydrogen-bond acceptors (Lipinski definition) is 1. The van der Waals surface area contributed by atoms with Gasteiger partial charge in [0.15, 0.2) is 0 Å². The third kappa shape index (κ3) is 3.37. The number of benzene rings is 1. The van der Waals surface area contributed by atoms with Gasteiger partial charge in [-0.15, -0.1) is 0 Å². The van der Waals surface area contributed by atoms with E-state index in [4.69, 9.17) is 11.6 Å². The molecule has 1 aromatic rings. The summed E-state index contributed by atoms with van der Waals surface area (Å²) in [5.41, 5.74) is 1.22. The lowest BCUT2D eigenvalue weighted by Crippen LogP contribution is -2.46. The van der Waals surface area contributed by atoms with Crippen molar-refractivity contribution in [2.75, 3.05) is 0 Å². The molecule has 1 aromatic carbocycles. The fourth-order valence-corrected chi connectivity index (χ4v) is 1.60. The van der Waals surface area contributed by atoms with Crippen molar-refractivity contribution in [3.63, 3.8) is 0 Å². The molecule has 0 aliphatic heterocycles. The highest BCUT2D eigenvalue weighted by Gasteiger charge is 2.62. The molecule has 0 heterocycles. The van der Waals surface area contributed by atoms with Crippen LogP contribution in [-0.2, 0) is 6.18 Å². The van der Waals surface area contributed by atoms with Gasteiger partial charge in [0.05, 0.1) is 10.6 Å². The van der Waals surface area contributed by atoms with E-state index in [1.54, 1.807) is 0 Å². The maximum absolute atomic E-state index is 13.5. The Morgan fingerprint density at radius 3 is 1.81 bits per heavy atom. The molecular formula is C10H5ClF9N. The molecule has 0 unspecified atom stereocenters. The van der Waals surface area contributed by atoms with Crippen LogP contribution in [0.5, 0.6) is 0 Å². The molecule has 11 heteroatoms. The van der Waals surface area contributed by atoms with E-state index in [1.807, 2.05) is 0 Å². The quantitative estimate of drug-likeness (QED) is 0.773. The third-order valence-corrected chi connectivity index (χ3v) is 2.76. The molecule has 0 radical (unpaired) electrons. The zero-order chi connectivity index (χ0) is 16.8. The third-order valence-electron chi connectivity index (χ3n) is 2.49. The minimum Gasteiger partial charge on any atom is -0.319 e. The van der Waals surface area contributed by atoms with Crippen LogP contribution in [0.1, 0.15) is 17.2 Å². The van der Waals surface area contributed by atoms with Gasteiger partial charge in [0.25, 0.3) is 0 Å². The Balaban J connectivity index is 3.47. The molecule has 21 heavy (non-hydrogen) atoms. The second-order valence-electron chi connectivity index (χ2n) is 3.96. The van der Waals surface area contributed by atoms with Gasteiger partial charge in [-0.2, -0.15) is 35.1 Å². The van der Waals surface area contributed by atoms with E-state index in [-0.39, 0.29) is 12.1 Å². The smallest absolute Gasteiger partial charge is 0.319 e. The molecule has 0 spiro atoms. The summed E-state index contributed by atoms with van der Waals surface area (Å²) >= 11 is 5.08. The van der Waals surface area contributed by atoms with Crippen LogP contribution in [0.25, 0.3) is 0 Å². The van der Waals surface area contributed by atoms with Crippen molar-refractivity contribution in [3.8, 4) is 0 Å². The SMILES string of the molecule is N[C@@H](c1cc(C(F)(F)F)cc(Cl)c1F)C(F)(F)C(F)(F)F. The monoisotopic (exact) mass is 345 g/mol. The molecule has 0 bridgehead atoms. The van der Waals surface area contributed by atoms with Crippen LogP contribution >= 0.6 is 11.6 Å². The van der Waals surface area contributed by atoms with E-state index in [2.05, 4.69) is 5.73 Å². The minimum absolute atomic E-state index is 0.0544. The summed E-state index contributed by atoms with van der Waals surface area (Å²) in [6.45, 7) is 0. The van der Waals surface area contributed by atoms with Gasteiger partial charge in [-0.1, -0.05) is 11.6 Å². The Hall–Kier alpha value is -1.16. The van der Waals surface area contributed by atoms with E-state index < -0.39 is 46.3 Å². The highest BCUT2D eigenvalue weighted by atomic mass is 35.5. The van der Waals surface area contributed by atoms with Gasteiger partial charge in [-0.3, -0.25) is 0 Å². The number of hydrogen-bond donors (Lipinski definition) is 1. The molecule has 1 nitrogen and oxygen atoms in total. The summed E-state index contributed by atoms with van der Waals surface area (Å²) in [4.78, 5) is 0. The fraction of sp³-hybridized carbons (Fsp3) is 0.400. The van der Waals surface area contributed by atoms with Gasteiger partial charge in [-0.05, 0) is 12.1 Å². The zero-order valence-corrected chi connectivity index (χ0v) is 10.3. The predicted molar refractivity (Wildman–Crippen MR) is 54.3 cm³/mol. The molecule has 0 aromatic heterocycles. The van der Waals surface area contributed by atoms with Crippen molar-refractivity contribution in [1.82, 2.24) is 0 Å². The number of nitrogens with two attached hydrogens (primary N) is 1. The van der Waals surface area contributed by atoms with Gasteiger partial charge in [0, 0.05) is 5.56 Å². The Kier molecular flexibility index (Phi) is 4.46. The molecule has 0 amide bonds. The summed E-state index contributed by atoms with van der Waals surface area (Å²) in [7, 11) is 0. The minimum atomic E-state index is -6.17. The highest BCUT2D eigenvalue weighted by Crippen LogP contribution is 2.45. The molecule has 0 aliphatic rings. The molecule has 0 fully saturated rings. The first kappa shape index (κ1) is 17.9. The zero-order valence-electron chi connectivity index (χ0n) is 9.59. The second-order valence-corrected chi connectivity index (χ2v) is 4.36. The van der Waals surface area contributed by atoms with Crippen LogP contribution < -0.4 is 5.73 Å². The molecule has 1 atom stereocenters. The number of halogens is 10. The molecule has 2 N–H and O–H groups in total. The van der Waals surface area contributed by atoms with Crippen molar-refractivity contribution in [3.05, 3.63) is 34.1 Å². The maximum Gasteiger partial charge on any atom is 0.455 e. The molecule has 0 saturated carbocycles.